The van der Waals surface area contributed by atoms with E-state index in [0.717, 1.165) is 12.1 Å². The number of anilines is 1. The number of nitrogens with zero attached hydrogens (tertiary/aromatic N) is 2. The summed E-state index contributed by atoms with van der Waals surface area (Å²) in [6, 6.07) is 1.53. The van der Waals surface area contributed by atoms with Gasteiger partial charge in [-0.1, -0.05) is 0 Å². The number of aromatic nitrogens is 2. The van der Waals surface area contributed by atoms with E-state index in [1.54, 1.807) is 20.4 Å². The number of aryl methyl sites for hydroxylation is 1. The molecule has 0 amide bonds. The topological polar surface area (TPSA) is 56.1 Å². The van der Waals surface area contributed by atoms with Gasteiger partial charge in [-0.25, -0.2) is 4.68 Å². The zero-order valence-corrected chi connectivity index (χ0v) is 10.3. The van der Waals surface area contributed by atoms with Gasteiger partial charge >= 0.3 is 0 Å². The van der Waals surface area contributed by atoms with Crippen molar-refractivity contribution in [3.05, 3.63) is 22.6 Å². The maximum atomic E-state index is 11.6. The first-order valence-electron chi connectivity index (χ1n) is 5.28. The van der Waals surface area contributed by atoms with E-state index >= 15 is 0 Å². The summed E-state index contributed by atoms with van der Waals surface area (Å²) in [7, 11) is 3.43. The van der Waals surface area contributed by atoms with E-state index in [4.69, 9.17) is 4.74 Å². The smallest absolute Gasteiger partial charge is 0.268 e. The van der Waals surface area contributed by atoms with Crippen LogP contribution in [-0.2, 0) is 11.3 Å². The minimum absolute atomic E-state index is 0.0984. The van der Waals surface area contributed by atoms with Crippen LogP contribution in [0.2, 0.25) is 0 Å². The molecule has 1 aromatic rings. The molecule has 90 valence electrons. The summed E-state index contributed by atoms with van der Waals surface area (Å²) in [5.74, 6) is 0. The highest BCUT2D eigenvalue weighted by Crippen LogP contribution is 2.13. The van der Waals surface area contributed by atoms with Crippen LogP contribution in [0.25, 0.3) is 0 Å². The average molecular weight is 225 g/mol. The largest absolute Gasteiger partial charge is 0.387 e. The molecule has 0 radical (unpaired) electrons. The molecule has 0 aliphatic carbocycles. The van der Waals surface area contributed by atoms with Crippen molar-refractivity contribution in [3.8, 4) is 0 Å². The Morgan fingerprint density at radius 3 is 2.75 bits per heavy atom. The first kappa shape index (κ1) is 12.7. The zero-order valence-electron chi connectivity index (χ0n) is 10.3. The van der Waals surface area contributed by atoms with E-state index in [1.165, 1.54) is 10.7 Å². The molecule has 0 aliphatic heterocycles. The summed E-state index contributed by atoms with van der Waals surface area (Å²) in [5, 5.41) is 6.95. The van der Waals surface area contributed by atoms with Crippen molar-refractivity contribution >= 4 is 5.69 Å². The van der Waals surface area contributed by atoms with Crippen LogP contribution in [0, 0.1) is 0 Å². The van der Waals surface area contributed by atoms with E-state index in [1.807, 2.05) is 13.8 Å². The third-order valence-corrected chi connectivity index (χ3v) is 2.64. The van der Waals surface area contributed by atoms with Gasteiger partial charge < -0.3 is 10.1 Å². The molecular formula is C11H19N3O2. The second-order valence-electron chi connectivity index (χ2n) is 4.27. The molecule has 0 fully saturated rings. The molecule has 1 N–H and O–H groups in total. The molecule has 0 aliphatic rings. The van der Waals surface area contributed by atoms with Crippen LogP contribution in [0.4, 0.5) is 5.69 Å². The Morgan fingerprint density at radius 2 is 2.25 bits per heavy atom. The molecular weight excluding hydrogens is 206 g/mol. The van der Waals surface area contributed by atoms with Crippen molar-refractivity contribution in [3.63, 3.8) is 0 Å². The minimum Gasteiger partial charge on any atom is -0.387 e. The van der Waals surface area contributed by atoms with Crippen LogP contribution >= 0.6 is 0 Å². The molecule has 0 bridgehead atoms. The van der Waals surface area contributed by atoms with Crippen molar-refractivity contribution in [2.24, 2.45) is 0 Å². The SMILES string of the molecule is CNc1cnn(CCC(C)(C)OC)c(=O)c1. The third-order valence-electron chi connectivity index (χ3n) is 2.64. The maximum absolute atomic E-state index is 11.6. The summed E-state index contributed by atoms with van der Waals surface area (Å²) in [6.07, 6.45) is 2.39. The van der Waals surface area contributed by atoms with Gasteiger partial charge in [0, 0.05) is 26.8 Å². The fraction of sp³-hybridized carbons (Fsp3) is 0.636. The van der Waals surface area contributed by atoms with Gasteiger partial charge in [-0.2, -0.15) is 5.10 Å². The zero-order chi connectivity index (χ0) is 12.2. The van der Waals surface area contributed by atoms with E-state index in [0.29, 0.717) is 6.54 Å². The Hall–Kier alpha value is -1.36. The second kappa shape index (κ2) is 5.12. The quantitative estimate of drug-likeness (QED) is 0.815. The molecule has 0 unspecified atom stereocenters. The maximum Gasteiger partial charge on any atom is 0.268 e. The van der Waals surface area contributed by atoms with E-state index in [9.17, 15) is 4.79 Å². The predicted octanol–water partition coefficient (Wildman–Crippen LogP) is 1.10. The highest BCUT2D eigenvalue weighted by molar-refractivity contribution is 5.37. The molecule has 16 heavy (non-hydrogen) atoms. The van der Waals surface area contributed by atoms with E-state index in [-0.39, 0.29) is 11.2 Å². The normalized spacial score (nSPS) is 11.5. The van der Waals surface area contributed by atoms with Crippen LogP contribution < -0.4 is 10.9 Å². The Morgan fingerprint density at radius 1 is 1.56 bits per heavy atom. The Bertz CT molecular complexity index is 398. The lowest BCUT2D eigenvalue weighted by Gasteiger charge is -2.22. The molecule has 0 spiro atoms. The summed E-state index contributed by atoms with van der Waals surface area (Å²) >= 11 is 0. The van der Waals surface area contributed by atoms with Crippen LogP contribution in [0.1, 0.15) is 20.3 Å². The van der Waals surface area contributed by atoms with Crippen molar-refractivity contribution in [2.45, 2.75) is 32.4 Å². The summed E-state index contributed by atoms with van der Waals surface area (Å²) in [6.45, 7) is 4.53. The van der Waals surface area contributed by atoms with Gasteiger partial charge in [0.1, 0.15) is 0 Å². The standard InChI is InChI=1S/C11H19N3O2/c1-11(2,16-4)5-6-14-10(15)7-9(12-3)8-13-14/h7-8,12H,5-6H2,1-4H3. The van der Waals surface area contributed by atoms with Crippen LogP contribution in [0.3, 0.4) is 0 Å². The first-order valence-corrected chi connectivity index (χ1v) is 5.28. The Kier molecular flexibility index (Phi) is 4.06. The van der Waals surface area contributed by atoms with Gasteiger partial charge in [0.25, 0.3) is 5.56 Å². The number of nitrogens with one attached hydrogen (secondary N) is 1. The molecule has 5 heteroatoms. The lowest BCUT2D eigenvalue weighted by Crippen LogP contribution is -2.29. The molecule has 1 aromatic heterocycles. The van der Waals surface area contributed by atoms with E-state index in [2.05, 4.69) is 10.4 Å². The second-order valence-corrected chi connectivity index (χ2v) is 4.27. The molecule has 0 aromatic carbocycles. The molecule has 1 heterocycles. The van der Waals surface area contributed by atoms with Crippen LogP contribution in [-0.4, -0.2) is 29.5 Å². The van der Waals surface area contributed by atoms with Gasteiger partial charge in [0.2, 0.25) is 0 Å². The van der Waals surface area contributed by atoms with Crippen molar-refractivity contribution in [1.29, 1.82) is 0 Å². The number of hydrogen-bond donors (Lipinski definition) is 1. The van der Waals surface area contributed by atoms with Crippen molar-refractivity contribution in [1.82, 2.24) is 9.78 Å². The molecule has 0 saturated carbocycles. The number of hydrogen-bond acceptors (Lipinski definition) is 4. The van der Waals surface area contributed by atoms with Crippen molar-refractivity contribution in [2.75, 3.05) is 19.5 Å². The van der Waals surface area contributed by atoms with Gasteiger partial charge in [-0.15, -0.1) is 0 Å². The van der Waals surface area contributed by atoms with E-state index < -0.39 is 0 Å². The van der Waals surface area contributed by atoms with Crippen LogP contribution in [0.5, 0.6) is 0 Å². The average Bonchev–Trinajstić information content (AvgIpc) is 2.27. The van der Waals surface area contributed by atoms with Gasteiger partial charge in [-0.05, 0) is 20.3 Å². The molecule has 0 saturated heterocycles. The highest BCUT2D eigenvalue weighted by Gasteiger charge is 2.16. The molecule has 0 atom stereocenters. The first-order chi connectivity index (χ1) is 7.48. The lowest BCUT2D eigenvalue weighted by molar-refractivity contribution is 0.0110. The Labute approximate surface area is 95.4 Å². The minimum atomic E-state index is -0.233. The Balaban J connectivity index is 2.72. The fourth-order valence-corrected chi connectivity index (χ4v) is 1.22. The lowest BCUT2D eigenvalue weighted by atomic mass is 10.1. The molecule has 5 nitrogen and oxygen atoms in total. The van der Waals surface area contributed by atoms with Crippen LogP contribution in [0.15, 0.2) is 17.1 Å². The summed E-state index contributed by atoms with van der Waals surface area (Å²) in [5.41, 5.74) is 0.397. The van der Waals surface area contributed by atoms with Crippen molar-refractivity contribution < 1.29 is 4.74 Å². The number of rotatable bonds is 5. The third kappa shape index (κ3) is 3.34. The predicted molar refractivity (Wildman–Crippen MR) is 63.7 cm³/mol. The fourth-order valence-electron chi connectivity index (χ4n) is 1.22. The van der Waals surface area contributed by atoms with Gasteiger partial charge in [0.05, 0.1) is 17.5 Å². The molecule has 1 rings (SSSR count). The highest BCUT2D eigenvalue weighted by atomic mass is 16.5. The summed E-state index contributed by atoms with van der Waals surface area (Å²) < 4.78 is 6.73. The van der Waals surface area contributed by atoms with Gasteiger partial charge in [0.15, 0.2) is 0 Å². The summed E-state index contributed by atoms with van der Waals surface area (Å²) in [4.78, 5) is 11.6. The number of methoxy groups -OCH3 is 1. The monoisotopic (exact) mass is 225 g/mol. The number of ether oxygens (including phenoxy) is 1. The van der Waals surface area contributed by atoms with Gasteiger partial charge in [-0.3, -0.25) is 4.79 Å².